The summed E-state index contributed by atoms with van der Waals surface area (Å²) in [6.45, 7) is 1.74. The highest BCUT2D eigenvalue weighted by Crippen LogP contribution is 2.16. The molecule has 0 amide bonds. The molecular weight excluding hydrogens is 234 g/mol. The number of Topliss-reactive ketones (excluding diaryl/α,β-unsaturated/α-hetero) is 1. The molecule has 0 spiro atoms. The number of hydrogen-bond acceptors (Lipinski definition) is 5. The van der Waals surface area contributed by atoms with E-state index in [1.165, 1.54) is 19.2 Å². The minimum atomic E-state index is -1.43. The van der Waals surface area contributed by atoms with E-state index in [1.54, 1.807) is 25.1 Å². The van der Waals surface area contributed by atoms with Crippen LogP contribution in [0.15, 0.2) is 24.3 Å². The topological polar surface area (TPSA) is 76.4 Å². The van der Waals surface area contributed by atoms with E-state index in [0.29, 0.717) is 5.75 Å². The van der Waals surface area contributed by atoms with Gasteiger partial charge >= 0.3 is 5.97 Å². The molecule has 0 aliphatic carbocycles. The quantitative estimate of drug-likeness (QED) is 0.448. The second-order valence-electron chi connectivity index (χ2n) is 3.41. The molecule has 5 heteroatoms. The average Bonchev–Trinajstić information content (AvgIpc) is 2.40. The Morgan fingerprint density at radius 1 is 1.44 bits per heavy atom. The highest BCUT2D eigenvalue weighted by Gasteiger charge is 2.28. The molecule has 18 heavy (non-hydrogen) atoms. The monoisotopic (exact) mass is 247 g/mol. The molecule has 1 aromatic carbocycles. The van der Waals surface area contributed by atoms with Crippen LogP contribution in [0.2, 0.25) is 0 Å². The lowest BCUT2D eigenvalue weighted by Gasteiger charge is -2.08. The van der Waals surface area contributed by atoms with E-state index in [2.05, 4.69) is 4.74 Å². The number of hydrogen-bond donors (Lipinski definition) is 0. The van der Waals surface area contributed by atoms with E-state index in [-0.39, 0.29) is 12.2 Å². The van der Waals surface area contributed by atoms with Crippen LogP contribution in [-0.2, 0) is 9.53 Å². The van der Waals surface area contributed by atoms with Crippen molar-refractivity contribution in [3.8, 4) is 11.8 Å². The van der Waals surface area contributed by atoms with Gasteiger partial charge in [-0.2, -0.15) is 5.26 Å². The van der Waals surface area contributed by atoms with Crippen LogP contribution in [0.3, 0.4) is 0 Å². The Labute approximate surface area is 105 Å². The van der Waals surface area contributed by atoms with Crippen molar-refractivity contribution in [2.45, 2.75) is 6.92 Å². The normalized spacial score (nSPS) is 11.2. The first-order valence-corrected chi connectivity index (χ1v) is 5.38. The predicted molar refractivity (Wildman–Crippen MR) is 63.1 cm³/mol. The molecule has 0 N–H and O–H groups in total. The van der Waals surface area contributed by atoms with Crippen LogP contribution in [0.1, 0.15) is 17.3 Å². The van der Waals surface area contributed by atoms with Crippen LogP contribution >= 0.6 is 0 Å². The first-order valence-electron chi connectivity index (χ1n) is 5.38. The van der Waals surface area contributed by atoms with Gasteiger partial charge in [-0.25, -0.2) is 0 Å². The van der Waals surface area contributed by atoms with Crippen molar-refractivity contribution in [2.24, 2.45) is 5.92 Å². The Hall–Kier alpha value is -2.35. The summed E-state index contributed by atoms with van der Waals surface area (Å²) in [6, 6.07) is 7.94. The van der Waals surface area contributed by atoms with Crippen molar-refractivity contribution >= 4 is 11.8 Å². The minimum Gasteiger partial charge on any atom is -0.497 e. The molecule has 0 heterocycles. The smallest absolute Gasteiger partial charge is 0.331 e. The molecule has 0 saturated heterocycles. The molecule has 0 saturated carbocycles. The van der Waals surface area contributed by atoms with Crippen molar-refractivity contribution in [1.29, 1.82) is 5.26 Å². The molecule has 0 aliphatic heterocycles. The maximum atomic E-state index is 12.0. The fourth-order valence-electron chi connectivity index (χ4n) is 1.39. The van der Waals surface area contributed by atoms with E-state index in [9.17, 15) is 9.59 Å². The van der Waals surface area contributed by atoms with E-state index >= 15 is 0 Å². The predicted octanol–water partition coefficient (Wildman–Crippen LogP) is 1.58. The summed E-state index contributed by atoms with van der Waals surface area (Å²) in [4.78, 5) is 23.4. The fourth-order valence-corrected chi connectivity index (χ4v) is 1.39. The summed E-state index contributed by atoms with van der Waals surface area (Å²) in [5.74, 6) is -2.36. The van der Waals surface area contributed by atoms with Gasteiger partial charge < -0.3 is 9.47 Å². The van der Waals surface area contributed by atoms with Gasteiger partial charge in [-0.05, 0) is 19.1 Å². The zero-order valence-corrected chi connectivity index (χ0v) is 10.2. The van der Waals surface area contributed by atoms with Crippen LogP contribution in [0.5, 0.6) is 5.75 Å². The van der Waals surface area contributed by atoms with E-state index in [1.807, 2.05) is 0 Å². The number of carbonyl (C=O) groups excluding carboxylic acids is 2. The highest BCUT2D eigenvalue weighted by atomic mass is 16.5. The van der Waals surface area contributed by atoms with Crippen LogP contribution < -0.4 is 4.74 Å². The molecule has 1 rings (SSSR count). The second kappa shape index (κ2) is 6.40. The lowest BCUT2D eigenvalue weighted by Crippen LogP contribution is -2.25. The number of carbonyl (C=O) groups is 2. The first-order chi connectivity index (χ1) is 8.63. The van der Waals surface area contributed by atoms with Crippen LogP contribution in [-0.4, -0.2) is 25.5 Å². The standard InChI is InChI=1S/C13H13NO4/c1-3-18-13(16)11(8-14)12(15)9-5-4-6-10(7-9)17-2/h4-7,11H,3H2,1-2H3. The van der Waals surface area contributed by atoms with E-state index in [0.717, 1.165) is 0 Å². The molecule has 0 fully saturated rings. The van der Waals surface area contributed by atoms with Gasteiger partial charge in [0.2, 0.25) is 5.92 Å². The van der Waals surface area contributed by atoms with Crippen molar-refractivity contribution in [3.05, 3.63) is 29.8 Å². The van der Waals surface area contributed by atoms with Gasteiger partial charge in [0.05, 0.1) is 19.8 Å². The third kappa shape index (κ3) is 3.08. The molecule has 0 aliphatic rings. The number of ether oxygens (including phenoxy) is 2. The summed E-state index contributed by atoms with van der Waals surface area (Å²) in [5.41, 5.74) is 0.244. The summed E-state index contributed by atoms with van der Waals surface area (Å²) in [5, 5.41) is 8.88. The molecule has 5 nitrogen and oxygen atoms in total. The molecule has 0 aromatic heterocycles. The average molecular weight is 247 g/mol. The molecule has 1 atom stereocenters. The van der Waals surface area contributed by atoms with Gasteiger partial charge in [0.25, 0.3) is 0 Å². The van der Waals surface area contributed by atoms with Gasteiger partial charge in [-0.1, -0.05) is 12.1 Å². The third-order valence-corrected chi connectivity index (χ3v) is 2.27. The third-order valence-electron chi connectivity index (χ3n) is 2.27. The van der Waals surface area contributed by atoms with Crippen molar-refractivity contribution < 1.29 is 19.1 Å². The summed E-state index contributed by atoms with van der Waals surface area (Å²) in [6.07, 6.45) is 0. The number of rotatable bonds is 5. The second-order valence-corrected chi connectivity index (χ2v) is 3.41. The molecule has 1 unspecified atom stereocenters. The molecule has 0 bridgehead atoms. The summed E-state index contributed by atoms with van der Waals surface area (Å²) in [7, 11) is 1.47. The minimum absolute atomic E-state index is 0.127. The lowest BCUT2D eigenvalue weighted by molar-refractivity contribution is -0.144. The van der Waals surface area contributed by atoms with Gasteiger partial charge in [-0.15, -0.1) is 0 Å². The molecule has 94 valence electrons. The molecule has 0 radical (unpaired) electrons. The highest BCUT2D eigenvalue weighted by molar-refractivity contribution is 6.10. The van der Waals surface area contributed by atoms with E-state index in [4.69, 9.17) is 10.00 Å². The molecular formula is C13H13NO4. The number of esters is 1. The zero-order valence-electron chi connectivity index (χ0n) is 10.2. The van der Waals surface area contributed by atoms with Crippen molar-refractivity contribution in [1.82, 2.24) is 0 Å². The van der Waals surface area contributed by atoms with Crippen LogP contribution in [0, 0.1) is 17.2 Å². The summed E-state index contributed by atoms with van der Waals surface area (Å²) < 4.78 is 9.66. The number of ketones is 1. The number of nitriles is 1. The van der Waals surface area contributed by atoms with Gasteiger partial charge in [-0.3, -0.25) is 9.59 Å². The number of nitrogens with zero attached hydrogens (tertiary/aromatic N) is 1. The number of methoxy groups -OCH3 is 1. The Balaban J connectivity index is 2.97. The Bertz CT molecular complexity index is 490. The van der Waals surface area contributed by atoms with Gasteiger partial charge in [0.15, 0.2) is 5.78 Å². The molecule has 1 aromatic rings. The first kappa shape index (κ1) is 13.7. The Morgan fingerprint density at radius 2 is 2.17 bits per heavy atom. The largest absolute Gasteiger partial charge is 0.497 e. The Morgan fingerprint density at radius 3 is 2.72 bits per heavy atom. The van der Waals surface area contributed by atoms with Crippen molar-refractivity contribution in [2.75, 3.05) is 13.7 Å². The summed E-state index contributed by atoms with van der Waals surface area (Å²) >= 11 is 0. The van der Waals surface area contributed by atoms with Crippen molar-refractivity contribution in [3.63, 3.8) is 0 Å². The lowest BCUT2D eigenvalue weighted by atomic mass is 9.99. The maximum Gasteiger partial charge on any atom is 0.331 e. The maximum absolute atomic E-state index is 12.0. The van der Waals surface area contributed by atoms with E-state index < -0.39 is 17.7 Å². The zero-order chi connectivity index (χ0) is 13.5. The number of benzene rings is 1. The fraction of sp³-hybridized carbons (Fsp3) is 0.308. The van der Waals surface area contributed by atoms with Gasteiger partial charge in [0.1, 0.15) is 5.75 Å². The van der Waals surface area contributed by atoms with Crippen LogP contribution in [0.25, 0.3) is 0 Å². The SMILES string of the molecule is CCOC(=O)C(C#N)C(=O)c1cccc(OC)c1. The van der Waals surface area contributed by atoms with Gasteiger partial charge in [0, 0.05) is 5.56 Å². The van der Waals surface area contributed by atoms with Crippen LogP contribution in [0.4, 0.5) is 0 Å². The Kier molecular flexibility index (Phi) is 4.88.